The lowest BCUT2D eigenvalue weighted by Gasteiger charge is -2.02. The number of benzene rings is 2. The van der Waals surface area contributed by atoms with E-state index in [1.165, 1.54) is 7.11 Å². The number of H-pyrrole nitrogens is 2. The highest BCUT2D eigenvalue weighted by atomic mass is 16.5. The van der Waals surface area contributed by atoms with Crippen molar-refractivity contribution in [2.45, 2.75) is 6.42 Å². The molecule has 5 aromatic rings. The van der Waals surface area contributed by atoms with Crippen LogP contribution in [0.15, 0.2) is 64.0 Å². The van der Waals surface area contributed by atoms with Crippen molar-refractivity contribution in [3.8, 4) is 11.1 Å². The van der Waals surface area contributed by atoms with Crippen LogP contribution in [0, 0.1) is 0 Å². The molecule has 0 aliphatic carbocycles. The number of aromatic nitrogens is 4. The molecule has 3 N–H and O–H groups in total. The van der Waals surface area contributed by atoms with Gasteiger partial charge in [-0.05, 0) is 29.8 Å². The number of aromatic amines is 2. The molecule has 0 spiro atoms. The van der Waals surface area contributed by atoms with Crippen LogP contribution >= 0.6 is 0 Å². The van der Waals surface area contributed by atoms with Crippen LogP contribution in [-0.2, 0) is 11.2 Å². The molecule has 154 valence electrons. The fourth-order valence-electron chi connectivity index (χ4n) is 3.49. The predicted octanol–water partition coefficient (Wildman–Crippen LogP) is 3.83. The van der Waals surface area contributed by atoms with Gasteiger partial charge in [0, 0.05) is 10.9 Å². The van der Waals surface area contributed by atoms with Gasteiger partial charge in [0.15, 0.2) is 0 Å². The molecule has 0 unspecified atom stereocenters. The average Bonchev–Trinajstić information content (AvgIpc) is 3.41. The van der Waals surface area contributed by atoms with Crippen molar-refractivity contribution < 1.29 is 13.9 Å². The second-order valence-electron chi connectivity index (χ2n) is 6.96. The van der Waals surface area contributed by atoms with Crippen LogP contribution in [0.1, 0.15) is 11.5 Å². The first-order valence-corrected chi connectivity index (χ1v) is 9.49. The Hall–Kier alpha value is -4.40. The first kappa shape index (κ1) is 18.6. The van der Waals surface area contributed by atoms with E-state index in [2.05, 4.69) is 30.2 Å². The highest BCUT2D eigenvalue weighted by Crippen LogP contribution is 2.27. The summed E-state index contributed by atoms with van der Waals surface area (Å²) in [5.41, 5.74) is 3.81. The van der Waals surface area contributed by atoms with Gasteiger partial charge in [0.05, 0.1) is 41.9 Å². The van der Waals surface area contributed by atoms with Crippen molar-refractivity contribution in [1.29, 1.82) is 0 Å². The number of nitrogens with one attached hydrogen (secondary N) is 3. The highest BCUT2D eigenvalue weighted by Gasteiger charge is 2.12. The minimum absolute atomic E-state index is 0.214. The lowest BCUT2D eigenvalue weighted by atomic mass is 10.1. The zero-order valence-corrected chi connectivity index (χ0v) is 16.4. The molecule has 0 fully saturated rings. The smallest absolute Gasteiger partial charge is 0.413 e. The fourth-order valence-corrected chi connectivity index (χ4v) is 3.49. The van der Waals surface area contributed by atoms with E-state index in [1.807, 2.05) is 42.5 Å². The van der Waals surface area contributed by atoms with Crippen molar-refractivity contribution in [2.24, 2.45) is 0 Å². The Labute approximate surface area is 175 Å². The van der Waals surface area contributed by atoms with Gasteiger partial charge in [-0.1, -0.05) is 24.3 Å². The van der Waals surface area contributed by atoms with E-state index in [-0.39, 0.29) is 5.56 Å². The molecule has 1 amide bonds. The number of furan rings is 1. The van der Waals surface area contributed by atoms with Crippen molar-refractivity contribution in [3.05, 3.63) is 76.6 Å². The van der Waals surface area contributed by atoms with Crippen LogP contribution in [0.2, 0.25) is 0 Å². The zero-order valence-electron chi connectivity index (χ0n) is 16.4. The van der Waals surface area contributed by atoms with E-state index < -0.39 is 6.09 Å². The first-order chi connectivity index (χ1) is 15.1. The number of ether oxygens (including phenoxy) is 1. The van der Waals surface area contributed by atoms with Crippen molar-refractivity contribution >= 4 is 33.8 Å². The molecule has 0 aliphatic rings. The van der Waals surface area contributed by atoms with Gasteiger partial charge >= 0.3 is 6.09 Å². The first-order valence-electron chi connectivity index (χ1n) is 9.49. The number of carbonyl (C=O) groups is 1. The SMILES string of the molecule is COC(=O)Nc1nc2ccc(-c3coc(Cc4n[nH]c(=O)c5ccccc45)c3)cc2[nH]1. The van der Waals surface area contributed by atoms with Gasteiger partial charge in [0.1, 0.15) is 5.76 Å². The number of methoxy groups -OCH3 is 1. The molecule has 9 nitrogen and oxygen atoms in total. The van der Waals surface area contributed by atoms with Gasteiger partial charge in [0.2, 0.25) is 5.95 Å². The standard InChI is InChI=1S/C22H17N5O4/c1-30-22(29)25-21-23-17-7-6-12(9-19(17)24-21)13-8-14(31-11-13)10-18-15-4-2-3-5-16(15)20(28)27-26-18/h2-9,11H,10H2,1H3,(H,27,28)(H2,23,24,25,29). The summed E-state index contributed by atoms with van der Waals surface area (Å²) < 4.78 is 10.3. The Morgan fingerprint density at radius 3 is 2.81 bits per heavy atom. The number of anilines is 1. The maximum absolute atomic E-state index is 12.0. The Morgan fingerprint density at radius 1 is 1.13 bits per heavy atom. The van der Waals surface area contributed by atoms with E-state index in [9.17, 15) is 9.59 Å². The molecule has 0 saturated carbocycles. The number of rotatable bonds is 4. The zero-order chi connectivity index (χ0) is 21.4. The van der Waals surface area contributed by atoms with E-state index in [0.717, 1.165) is 33.5 Å². The van der Waals surface area contributed by atoms with Crippen LogP contribution in [0.5, 0.6) is 0 Å². The average molecular weight is 415 g/mol. The summed E-state index contributed by atoms with van der Waals surface area (Å²) in [6.07, 6.45) is 1.52. The second kappa shape index (κ2) is 7.45. The minimum Gasteiger partial charge on any atom is -0.468 e. The van der Waals surface area contributed by atoms with Gasteiger partial charge in [-0.25, -0.2) is 14.9 Å². The third-order valence-electron chi connectivity index (χ3n) is 4.99. The van der Waals surface area contributed by atoms with Gasteiger partial charge < -0.3 is 14.1 Å². The lowest BCUT2D eigenvalue weighted by molar-refractivity contribution is 0.186. The number of hydrogen-bond acceptors (Lipinski definition) is 6. The minimum atomic E-state index is -0.595. The number of carbonyl (C=O) groups excluding carboxylic acids is 1. The fraction of sp³-hybridized carbons (Fsp3) is 0.0909. The number of imidazole rings is 1. The van der Waals surface area contributed by atoms with E-state index in [0.29, 0.717) is 23.3 Å². The highest BCUT2D eigenvalue weighted by molar-refractivity contribution is 5.88. The second-order valence-corrected chi connectivity index (χ2v) is 6.96. The van der Waals surface area contributed by atoms with Crippen LogP contribution in [-0.4, -0.2) is 33.4 Å². The largest absolute Gasteiger partial charge is 0.468 e. The molecule has 3 heterocycles. The molecule has 0 aliphatic heterocycles. The maximum atomic E-state index is 12.0. The Kier molecular flexibility index (Phi) is 4.47. The van der Waals surface area contributed by atoms with Crippen LogP contribution in [0.25, 0.3) is 32.9 Å². The van der Waals surface area contributed by atoms with Crippen LogP contribution < -0.4 is 10.9 Å². The Morgan fingerprint density at radius 2 is 1.97 bits per heavy atom. The molecular weight excluding hydrogens is 398 g/mol. The summed E-state index contributed by atoms with van der Waals surface area (Å²) in [6, 6.07) is 15.0. The predicted molar refractivity (Wildman–Crippen MR) is 115 cm³/mol. The Bertz CT molecular complexity index is 1480. The summed E-state index contributed by atoms with van der Waals surface area (Å²) in [5.74, 6) is 1.03. The number of nitrogens with zero attached hydrogens (tertiary/aromatic N) is 2. The molecule has 0 bridgehead atoms. The number of hydrogen-bond donors (Lipinski definition) is 3. The molecule has 0 radical (unpaired) electrons. The van der Waals surface area contributed by atoms with Crippen molar-refractivity contribution in [1.82, 2.24) is 20.2 Å². The van der Waals surface area contributed by atoms with Gasteiger partial charge in [-0.15, -0.1) is 0 Å². The quantitative estimate of drug-likeness (QED) is 0.410. The maximum Gasteiger partial charge on any atom is 0.413 e. The van der Waals surface area contributed by atoms with E-state index in [4.69, 9.17) is 4.42 Å². The molecule has 2 aromatic carbocycles. The number of fused-ring (bicyclic) bond motifs is 2. The summed E-state index contributed by atoms with van der Waals surface area (Å²) in [4.78, 5) is 30.7. The molecule has 3 aromatic heterocycles. The third-order valence-corrected chi connectivity index (χ3v) is 4.99. The topological polar surface area (TPSA) is 126 Å². The molecular formula is C22H17N5O4. The van der Waals surface area contributed by atoms with Gasteiger partial charge in [-0.3, -0.25) is 10.1 Å². The van der Waals surface area contributed by atoms with Crippen LogP contribution in [0.4, 0.5) is 10.7 Å². The van der Waals surface area contributed by atoms with Crippen molar-refractivity contribution in [2.75, 3.05) is 12.4 Å². The molecule has 0 saturated heterocycles. The summed E-state index contributed by atoms with van der Waals surface area (Å²) in [5, 5.41) is 10.7. The lowest BCUT2D eigenvalue weighted by Crippen LogP contribution is -2.11. The molecule has 5 rings (SSSR count). The molecule has 0 atom stereocenters. The van der Waals surface area contributed by atoms with Crippen molar-refractivity contribution in [3.63, 3.8) is 0 Å². The third kappa shape index (κ3) is 3.52. The monoisotopic (exact) mass is 415 g/mol. The molecule has 9 heteroatoms. The van der Waals surface area contributed by atoms with E-state index in [1.54, 1.807) is 12.3 Å². The molecule has 31 heavy (non-hydrogen) atoms. The Balaban J connectivity index is 1.43. The van der Waals surface area contributed by atoms with Gasteiger partial charge in [-0.2, -0.15) is 5.10 Å². The van der Waals surface area contributed by atoms with Crippen LogP contribution in [0.3, 0.4) is 0 Å². The summed E-state index contributed by atoms with van der Waals surface area (Å²) >= 11 is 0. The summed E-state index contributed by atoms with van der Waals surface area (Å²) in [6.45, 7) is 0. The summed E-state index contributed by atoms with van der Waals surface area (Å²) in [7, 11) is 1.29. The van der Waals surface area contributed by atoms with Gasteiger partial charge in [0.25, 0.3) is 5.56 Å². The number of amides is 1. The normalized spacial score (nSPS) is 11.1. The van der Waals surface area contributed by atoms with E-state index >= 15 is 0 Å².